The Morgan fingerprint density at radius 1 is 1.59 bits per heavy atom. The summed E-state index contributed by atoms with van der Waals surface area (Å²) in [7, 11) is 1.43. The van der Waals surface area contributed by atoms with E-state index < -0.39 is 5.97 Å². The Bertz CT molecular complexity index is 418. The molecular formula is C11H15N3O3. The normalized spacial score (nSPS) is 15.1. The first kappa shape index (κ1) is 11.6. The van der Waals surface area contributed by atoms with E-state index in [1.165, 1.54) is 32.4 Å². The molecule has 0 aliphatic heterocycles. The van der Waals surface area contributed by atoms with E-state index >= 15 is 0 Å². The van der Waals surface area contributed by atoms with Crippen molar-refractivity contribution in [3.63, 3.8) is 0 Å². The van der Waals surface area contributed by atoms with Gasteiger partial charge in [0.05, 0.1) is 7.11 Å². The van der Waals surface area contributed by atoms with E-state index in [9.17, 15) is 4.79 Å². The number of aromatic nitrogens is 2. The van der Waals surface area contributed by atoms with Crippen molar-refractivity contribution in [2.24, 2.45) is 5.92 Å². The van der Waals surface area contributed by atoms with Gasteiger partial charge in [-0.05, 0) is 18.8 Å². The number of ether oxygens (including phenoxy) is 1. The number of aromatic carboxylic acids is 1. The Morgan fingerprint density at radius 3 is 2.88 bits per heavy atom. The van der Waals surface area contributed by atoms with Crippen molar-refractivity contribution in [2.45, 2.75) is 19.3 Å². The second-order valence-electron chi connectivity index (χ2n) is 4.13. The monoisotopic (exact) mass is 237 g/mol. The maximum Gasteiger partial charge on any atom is 0.339 e. The molecule has 1 saturated carbocycles. The predicted molar refractivity (Wildman–Crippen MR) is 61.4 cm³/mol. The number of hydrogen-bond acceptors (Lipinski definition) is 5. The molecule has 0 unspecified atom stereocenters. The van der Waals surface area contributed by atoms with Crippen molar-refractivity contribution < 1.29 is 14.6 Å². The van der Waals surface area contributed by atoms with Gasteiger partial charge in [-0.3, -0.25) is 0 Å². The molecule has 0 atom stereocenters. The molecule has 1 aromatic heterocycles. The van der Waals surface area contributed by atoms with Gasteiger partial charge in [-0.2, -0.15) is 0 Å². The van der Waals surface area contributed by atoms with Gasteiger partial charge in [0, 0.05) is 12.6 Å². The van der Waals surface area contributed by atoms with Gasteiger partial charge >= 0.3 is 5.97 Å². The van der Waals surface area contributed by atoms with Gasteiger partial charge in [0.25, 0.3) is 0 Å². The van der Waals surface area contributed by atoms with Crippen LogP contribution >= 0.6 is 0 Å². The Hall–Kier alpha value is -1.85. The molecule has 1 aliphatic carbocycles. The number of nitrogens with zero attached hydrogens (tertiary/aromatic N) is 2. The third kappa shape index (κ3) is 2.64. The van der Waals surface area contributed by atoms with Crippen molar-refractivity contribution >= 4 is 11.8 Å². The Labute approximate surface area is 99.0 Å². The van der Waals surface area contributed by atoms with Gasteiger partial charge in [-0.15, -0.1) is 10.2 Å². The van der Waals surface area contributed by atoms with Crippen LogP contribution in [0.15, 0.2) is 6.07 Å². The second-order valence-corrected chi connectivity index (χ2v) is 4.13. The summed E-state index contributed by atoms with van der Waals surface area (Å²) >= 11 is 0. The quantitative estimate of drug-likeness (QED) is 0.805. The lowest BCUT2D eigenvalue weighted by Crippen LogP contribution is -2.22. The Kier molecular flexibility index (Phi) is 3.41. The highest BCUT2D eigenvalue weighted by molar-refractivity contribution is 5.93. The summed E-state index contributed by atoms with van der Waals surface area (Å²) in [6.07, 6.45) is 3.64. The summed E-state index contributed by atoms with van der Waals surface area (Å²) in [6, 6.07) is 1.37. The maximum atomic E-state index is 11.1. The highest BCUT2D eigenvalue weighted by Crippen LogP contribution is 2.26. The summed E-state index contributed by atoms with van der Waals surface area (Å²) in [6.45, 7) is 0.751. The van der Waals surface area contributed by atoms with Crippen LogP contribution in [0.4, 0.5) is 5.82 Å². The molecule has 1 heterocycles. The van der Waals surface area contributed by atoms with Crippen LogP contribution in [0.1, 0.15) is 29.6 Å². The summed E-state index contributed by atoms with van der Waals surface area (Å²) < 4.78 is 4.85. The Balaban J connectivity index is 2.10. The molecule has 0 bridgehead atoms. The molecule has 0 aromatic carbocycles. The van der Waals surface area contributed by atoms with Gasteiger partial charge in [0.1, 0.15) is 5.56 Å². The largest absolute Gasteiger partial charge is 0.480 e. The van der Waals surface area contributed by atoms with Crippen molar-refractivity contribution in [3.05, 3.63) is 11.6 Å². The molecule has 92 valence electrons. The molecule has 2 N–H and O–H groups in total. The number of anilines is 1. The lowest BCUT2D eigenvalue weighted by atomic mass is 9.85. The maximum absolute atomic E-state index is 11.1. The van der Waals surface area contributed by atoms with Crippen LogP contribution in [0.3, 0.4) is 0 Å². The molecule has 6 nitrogen and oxygen atoms in total. The lowest BCUT2D eigenvalue weighted by molar-refractivity contribution is 0.0696. The standard InChI is InChI=1S/C11H15N3O3/c1-17-9-5-8(11(15)16)10(14-13-9)12-6-7-3-2-4-7/h5,7H,2-4,6H2,1H3,(H,12,14)(H,15,16). The van der Waals surface area contributed by atoms with E-state index in [2.05, 4.69) is 15.5 Å². The molecule has 0 radical (unpaired) electrons. The fourth-order valence-electron chi connectivity index (χ4n) is 1.71. The SMILES string of the molecule is COc1cc(C(=O)O)c(NCC2CCC2)nn1. The summed E-state index contributed by atoms with van der Waals surface area (Å²) in [5.41, 5.74) is 0.0937. The minimum absolute atomic E-state index is 0.0937. The smallest absolute Gasteiger partial charge is 0.339 e. The van der Waals surface area contributed by atoms with Gasteiger partial charge in [0.2, 0.25) is 5.88 Å². The van der Waals surface area contributed by atoms with Crippen molar-refractivity contribution in [1.29, 1.82) is 0 Å². The third-order valence-corrected chi connectivity index (χ3v) is 2.99. The first-order chi connectivity index (χ1) is 8.20. The summed E-state index contributed by atoms with van der Waals surface area (Å²) in [5, 5.41) is 19.7. The first-order valence-corrected chi connectivity index (χ1v) is 5.59. The minimum Gasteiger partial charge on any atom is -0.480 e. The molecule has 6 heteroatoms. The molecule has 1 aromatic rings. The van der Waals surface area contributed by atoms with Crippen LogP contribution in [0.2, 0.25) is 0 Å². The Morgan fingerprint density at radius 2 is 2.35 bits per heavy atom. The van der Waals surface area contributed by atoms with Crippen LogP contribution in [0.5, 0.6) is 5.88 Å². The zero-order valence-electron chi connectivity index (χ0n) is 9.64. The number of hydrogen-bond donors (Lipinski definition) is 2. The van der Waals surface area contributed by atoms with Crippen LogP contribution in [0, 0.1) is 5.92 Å². The summed E-state index contributed by atoms with van der Waals surface area (Å²) in [5.74, 6) is 0.108. The van der Waals surface area contributed by atoms with Crippen LogP contribution < -0.4 is 10.1 Å². The second kappa shape index (κ2) is 4.99. The predicted octanol–water partition coefficient (Wildman–Crippen LogP) is 1.40. The summed E-state index contributed by atoms with van der Waals surface area (Å²) in [4.78, 5) is 11.1. The molecular weight excluding hydrogens is 222 g/mol. The van der Waals surface area contributed by atoms with E-state index in [4.69, 9.17) is 9.84 Å². The van der Waals surface area contributed by atoms with Crippen LogP contribution in [0.25, 0.3) is 0 Å². The van der Waals surface area contributed by atoms with Crippen molar-refractivity contribution in [2.75, 3.05) is 19.0 Å². The first-order valence-electron chi connectivity index (χ1n) is 5.59. The molecule has 0 saturated heterocycles. The van der Waals surface area contributed by atoms with E-state index in [1.54, 1.807) is 0 Å². The zero-order valence-corrected chi connectivity index (χ0v) is 9.64. The average Bonchev–Trinajstić information content (AvgIpc) is 2.27. The van der Waals surface area contributed by atoms with Crippen molar-refractivity contribution in [1.82, 2.24) is 10.2 Å². The average molecular weight is 237 g/mol. The topological polar surface area (TPSA) is 84.3 Å². The van der Waals surface area contributed by atoms with Gasteiger partial charge < -0.3 is 15.2 Å². The van der Waals surface area contributed by atoms with Gasteiger partial charge in [-0.1, -0.05) is 6.42 Å². The van der Waals surface area contributed by atoms with E-state index in [0.29, 0.717) is 11.7 Å². The number of nitrogens with one attached hydrogen (secondary N) is 1. The molecule has 0 amide bonds. The molecule has 2 rings (SSSR count). The lowest BCUT2D eigenvalue weighted by Gasteiger charge is -2.25. The van der Waals surface area contributed by atoms with Gasteiger partial charge in [-0.25, -0.2) is 4.79 Å². The third-order valence-electron chi connectivity index (χ3n) is 2.99. The van der Waals surface area contributed by atoms with Crippen LogP contribution in [-0.4, -0.2) is 34.9 Å². The fraction of sp³-hybridized carbons (Fsp3) is 0.545. The number of rotatable bonds is 5. The number of carbonyl (C=O) groups is 1. The highest BCUT2D eigenvalue weighted by Gasteiger charge is 2.19. The number of methoxy groups -OCH3 is 1. The molecule has 1 aliphatic rings. The van der Waals surface area contributed by atoms with Crippen LogP contribution in [-0.2, 0) is 0 Å². The van der Waals surface area contributed by atoms with Crippen molar-refractivity contribution in [3.8, 4) is 5.88 Å². The molecule has 0 spiro atoms. The van der Waals surface area contributed by atoms with E-state index in [-0.39, 0.29) is 11.4 Å². The fourth-order valence-corrected chi connectivity index (χ4v) is 1.71. The zero-order chi connectivity index (χ0) is 12.3. The minimum atomic E-state index is -1.03. The van der Waals surface area contributed by atoms with E-state index in [0.717, 1.165) is 6.54 Å². The van der Waals surface area contributed by atoms with E-state index in [1.807, 2.05) is 0 Å². The highest BCUT2D eigenvalue weighted by atomic mass is 16.5. The molecule has 17 heavy (non-hydrogen) atoms. The molecule has 1 fully saturated rings. The number of carboxylic acid groups (broad SMARTS) is 1. The number of carboxylic acids is 1. The van der Waals surface area contributed by atoms with Gasteiger partial charge in [0.15, 0.2) is 5.82 Å².